The molecule has 2 rings (SSSR count). The van der Waals surface area contributed by atoms with Crippen LogP contribution in [0.1, 0.15) is 18.5 Å². The summed E-state index contributed by atoms with van der Waals surface area (Å²) in [6.07, 6.45) is 0. The summed E-state index contributed by atoms with van der Waals surface area (Å²) in [4.78, 5) is 0.843. The summed E-state index contributed by atoms with van der Waals surface area (Å²) in [6, 6.07) is 2.69. The summed E-state index contributed by atoms with van der Waals surface area (Å²) in [5, 5.41) is 3.42. The van der Waals surface area contributed by atoms with Crippen molar-refractivity contribution in [3.05, 3.63) is 29.3 Å². The maximum absolute atomic E-state index is 13.0. The van der Waals surface area contributed by atoms with Gasteiger partial charge in [0.25, 0.3) is 0 Å². The fraction of sp³-hybridized carbons (Fsp3) is 0.400. The van der Waals surface area contributed by atoms with Gasteiger partial charge in [0.2, 0.25) is 0 Å². The zero-order chi connectivity index (χ0) is 10.3. The second kappa shape index (κ2) is 3.51. The number of hydrogen-bond acceptors (Lipinski definition) is 2. The van der Waals surface area contributed by atoms with Crippen LogP contribution in [0.15, 0.2) is 17.0 Å². The number of thioether (sulfide) groups is 1. The van der Waals surface area contributed by atoms with Crippen LogP contribution in [0.3, 0.4) is 0 Å². The molecule has 0 bridgehead atoms. The van der Waals surface area contributed by atoms with E-state index in [-0.39, 0.29) is 6.04 Å². The third-order valence-corrected chi connectivity index (χ3v) is 3.73. The molecule has 1 aromatic carbocycles. The monoisotopic (exact) mass is 215 g/mol. The van der Waals surface area contributed by atoms with Crippen LogP contribution in [0.5, 0.6) is 0 Å². The molecule has 1 aliphatic heterocycles. The Bertz CT molecular complexity index is 367. The molecule has 1 N–H and O–H groups in total. The van der Waals surface area contributed by atoms with Gasteiger partial charge in [0.15, 0.2) is 11.6 Å². The Kier molecular flexibility index (Phi) is 2.49. The van der Waals surface area contributed by atoms with E-state index in [9.17, 15) is 8.78 Å². The molecular weight excluding hydrogens is 204 g/mol. The van der Waals surface area contributed by atoms with Crippen LogP contribution in [-0.2, 0) is 0 Å². The number of halogens is 2. The predicted octanol–water partition coefficient (Wildman–Crippen LogP) is 2.72. The van der Waals surface area contributed by atoms with Gasteiger partial charge in [0.1, 0.15) is 0 Å². The van der Waals surface area contributed by atoms with E-state index >= 15 is 0 Å². The van der Waals surface area contributed by atoms with E-state index in [4.69, 9.17) is 0 Å². The van der Waals surface area contributed by atoms with Gasteiger partial charge in [0, 0.05) is 16.2 Å². The third kappa shape index (κ3) is 1.42. The molecule has 1 aromatic rings. The largest absolute Gasteiger partial charge is 0.312 e. The van der Waals surface area contributed by atoms with Crippen molar-refractivity contribution in [3.8, 4) is 0 Å². The lowest BCUT2D eigenvalue weighted by atomic mass is 10.0. The Hall–Kier alpha value is -0.610. The molecule has 0 aliphatic carbocycles. The van der Waals surface area contributed by atoms with Gasteiger partial charge in [-0.1, -0.05) is 6.92 Å². The lowest BCUT2D eigenvalue weighted by Gasteiger charge is -2.13. The van der Waals surface area contributed by atoms with Crippen molar-refractivity contribution in [3.63, 3.8) is 0 Å². The molecule has 2 atom stereocenters. The molecule has 0 saturated carbocycles. The zero-order valence-electron chi connectivity index (χ0n) is 7.97. The molecule has 0 spiro atoms. The highest BCUT2D eigenvalue weighted by molar-refractivity contribution is 8.00. The van der Waals surface area contributed by atoms with Crippen molar-refractivity contribution in [1.82, 2.24) is 5.32 Å². The molecule has 1 heterocycles. The van der Waals surface area contributed by atoms with Gasteiger partial charge in [-0.2, -0.15) is 0 Å². The first kappa shape index (κ1) is 9.93. The Morgan fingerprint density at radius 3 is 2.57 bits per heavy atom. The highest BCUT2D eigenvalue weighted by atomic mass is 32.2. The van der Waals surface area contributed by atoms with Crippen molar-refractivity contribution >= 4 is 11.8 Å². The zero-order valence-corrected chi connectivity index (χ0v) is 8.79. The Balaban J connectivity index is 2.49. The van der Waals surface area contributed by atoms with E-state index in [1.807, 2.05) is 14.0 Å². The van der Waals surface area contributed by atoms with Crippen LogP contribution >= 0.6 is 11.8 Å². The van der Waals surface area contributed by atoms with Crippen molar-refractivity contribution in [2.24, 2.45) is 0 Å². The molecule has 1 nitrogen and oxygen atoms in total. The van der Waals surface area contributed by atoms with Gasteiger partial charge in [0.05, 0.1) is 0 Å². The van der Waals surface area contributed by atoms with Gasteiger partial charge >= 0.3 is 0 Å². The van der Waals surface area contributed by atoms with Crippen LogP contribution in [0, 0.1) is 11.6 Å². The van der Waals surface area contributed by atoms with E-state index in [0.29, 0.717) is 5.25 Å². The SMILES string of the molecule is CNC1c2cc(F)c(F)cc2SC1C. The normalized spacial score (nSPS) is 25.1. The summed E-state index contributed by atoms with van der Waals surface area (Å²) in [7, 11) is 1.83. The number of benzene rings is 1. The van der Waals surface area contributed by atoms with Crippen LogP contribution in [0.25, 0.3) is 0 Å². The molecule has 1 aliphatic rings. The van der Waals surface area contributed by atoms with Crippen molar-refractivity contribution < 1.29 is 8.78 Å². The lowest BCUT2D eigenvalue weighted by Crippen LogP contribution is -2.21. The van der Waals surface area contributed by atoms with E-state index in [1.165, 1.54) is 12.1 Å². The summed E-state index contributed by atoms with van der Waals surface area (Å²) < 4.78 is 25.9. The Morgan fingerprint density at radius 1 is 1.29 bits per heavy atom. The molecule has 2 unspecified atom stereocenters. The number of fused-ring (bicyclic) bond motifs is 1. The average Bonchev–Trinajstić information content (AvgIpc) is 2.42. The van der Waals surface area contributed by atoms with E-state index in [2.05, 4.69) is 5.32 Å². The molecule has 4 heteroatoms. The molecule has 0 aromatic heterocycles. The Morgan fingerprint density at radius 2 is 1.93 bits per heavy atom. The van der Waals surface area contributed by atoms with Crippen molar-refractivity contribution in [2.45, 2.75) is 23.1 Å². The predicted molar refractivity (Wildman–Crippen MR) is 53.5 cm³/mol. The Labute approximate surface area is 85.9 Å². The van der Waals surface area contributed by atoms with Gasteiger partial charge in [-0.25, -0.2) is 8.78 Å². The first-order valence-corrected chi connectivity index (χ1v) is 5.34. The fourth-order valence-electron chi connectivity index (χ4n) is 1.80. The number of hydrogen-bond donors (Lipinski definition) is 1. The summed E-state index contributed by atoms with van der Waals surface area (Å²) in [5.74, 6) is -1.53. The molecule has 0 amide bonds. The quantitative estimate of drug-likeness (QED) is 0.773. The second-order valence-corrected chi connectivity index (χ2v) is 4.81. The minimum absolute atomic E-state index is 0.116. The smallest absolute Gasteiger partial charge is 0.159 e. The molecule has 0 radical (unpaired) electrons. The third-order valence-electron chi connectivity index (χ3n) is 2.48. The summed E-state index contributed by atoms with van der Waals surface area (Å²) in [6.45, 7) is 2.04. The van der Waals surface area contributed by atoms with Gasteiger partial charge in [-0.15, -0.1) is 11.8 Å². The lowest BCUT2D eigenvalue weighted by molar-refractivity contribution is 0.498. The number of rotatable bonds is 1. The molecule has 0 saturated heterocycles. The summed E-state index contributed by atoms with van der Waals surface area (Å²) in [5.41, 5.74) is 0.865. The van der Waals surface area contributed by atoms with Crippen LogP contribution < -0.4 is 5.32 Å². The minimum atomic E-state index is -0.765. The highest BCUT2D eigenvalue weighted by Crippen LogP contribution is 2.44. The first-order chi connectivity index (χ1) is 6.63. The summed E-state index contributed by atoms with van der Waals surface area (Å²) >= 11 is 1.58. The maximum Gasteiger partial charge on any atom is 0.159 e. The van der Waals surface area contributed by atoms with Crippen molar-refractivity contribution in [2.75, 3.05) is 7.05 Å². The fourth-order valence-corrected chi connectivity index (χ4v) is 3.11. The molecule has 0 fully saturated rings. The molecular formula is C10H11F2NS. The van der Waals surface area contributed by atoms with Gasteiger partial charge in [-0.05, 0) is 24.7 Å². The second-order valence-electron chi connectivity index (χ2n) is 3.39. The topological polar surface area (TPSA) is 12.0 Å². The van der Waals surface area contributed by atoms with Gasteiger partial charge in [-0.3, -0.25) is 0 Å². The standard InChI is InChI=1S/C10H11F2NS/c1-5-10(13-2)6-3-7(11)8(12)4-9(6)14-5/h3-5,10,13H,1-2H3. The van der Waals surface area contributed by atoms with Crippen molar-refractivity contribution in [1.29, 1.82) is 0 Å². The van der Waals surface area contributed by atoms with E-state index in [1.54, 1.807) is 11.8 Å². The first-order valence-electron chi connectivity index (χ1n) is 4.46. The van der Waals surface area contributed by atoms with Gasteiger partial charge < -0.3 is 5.32 Å². The minimum Gasteiger partial charge on any atom is -0.312 e. The van der Waals surface area contributed by atoms with E-state index in [0.717, 1.165) is 10.5 Å². The number of nitrogens with one attached hydrogen (secondary N) is 1. The highest BCUT2D eigenvalue weighted by Gasteiger charge is 2.30. The van der Waals surface area contributed by atoms with Crippen LogP contribution in [0.2, 0.25) is 0 Å². The van der Waals surface area contributed by atoms with Crippen LogP contribution in [-0.4, -0.2) is 12.3 Å². The van der Waals surface area contributed by atoms with E-state index < -0.39 is 11.6 Å². The average molecular weight is 215 g/mol. The van der Waals surface area contributed by atoms with Crippen LogP contribution in [0.4, 0.5) is 8.78 Å². The maximum atomic E-state index is 13.0. The molecule has 14 heavy (non-hydrogen) atoms. The molecule has 76 valence electrons.